The summed E-state index contributed by atoms with van der Waals surface area (Å²) < 4.78 is 39.4. The summed E-state index contributed by atoms with van der Waals surface area (Å²) in [7, 11) is -3.32. The fourth-order valence-corrected chi connectivity index (χ4v) is 9.55. The molecule has 2 fully saturated rings. The molecule has 17 heteroatoms. The molecule has 330 valence electrons. The van der Waals surface area contributed by atoms with Crippen LogP contribution in [0.2, 0.25) is 0 Å². The van der Waals surface area contributed by atoms with E-state index in [1.807, 2.05) is 11.5 Å². The summed E-state index contributed by atoms with van der Waals surface area (Å²) in [5.74, 6) is -1.53. The minimum absolute atomic E-state index is 0.0702. The number of imide groups is 1. The Morgan fingerprint density at radius 1 is 1.03 bits per heavy atom. The molecular weight excluding hydrogens is 808 g/mol. The quantitative estimate of drug-likeness (QED) is 0.0946. The standard InChI is InChI=1S/C28H37FN4O3.C16H20N2O6S/c1-3-4-5-17-35-24-7-6-13-33-27(24)30-19(2)22(28(33)34)12-16-32-14-10-20(11-15-32)26-23-9-8-21(29)18-25(23)36-31-26;1-25(2,3,23)13-8-14(20)18(15(13)21)24-16(22)12-6-4-11(5-7-12)9-17-10-19/h8-9,18,20,24H,3-7,10-17H2,1-2H3;4-7,10,13H,8-9H2,1-3H3,(H,17,19). The number of nitrogens with one attached hydrogen (secondary N) is 1. The number of ether oxygens (including phenoxy) is 1. The highest BCUT2D eigenvalue weighted by molar-refractivity contribution is 8.19. The molecule has 1 N–H and O–H groups in total. The number of rotatable bonds is 15. The van der Waals surface area contributed by atoms with Crippen molar-refractivity contribution in [2.24, 2.45) is 0 Å². The molecule has 2 unspecified atom stereocenters. The van der Waals surface area contributed by atoms with Gasteiger partial charge in [0.25, 0.3) is 17.4 Å². The molecule has 4 aromatic rings. The number of fused-ring (bicyclic) bond motifs is 2. The van der Waals surface area contributed by atoms with Gasteiger partial charge >= 0.3 is 5.97 Å². The van der Waals surface area contributed by atoms with Crippen molar-refractivity contribution >= 4 is 44.2 Å². The third-order valence-corrected chi connectivity index (χ3v) is 13.9. The van der Waals surface area contributed by atoms with Crippen LogP contribution in [0.15, 0.2) is 51.8 Å². The Kier molecular flexibility index (Phi) is 14.4. The van der Waals surface area contributed by atoms with E-state index < -0.39 is 32.1 Å². The number of aromatic nitrogens is 3. The first kappa shape index (κ1) is 45.4. The molecule has 61 heavy (non-hydrogen) atoms. The van der Waals surface area contributed by atoms with Crippen molar-refractivity contribution in [3.8, 4) is 0 Å². The highest BCUT2D eigenvalue weighted by atomic mass is 32.3. The Morgan fingerprint density at radius 2 is 1.77 bits per heavy atom. The van der Waals surface area contributed by atoms with E-state index >= 15 is 0 Å². The van der Waals surface area contributed by atoms with E-state index in [1.54, 1.807) is 18.2 Å². The zero-order valence-electron chi connectivity index (χ0n) is 35.7. The first-order chi connectivity index (χ1) is 29.0. The second-order valence-corrected chi connectivity index (χ2v) is 22.7. The van der Waals surface area contributed by atoms with E-state index in [4.69, 9.17) is 19.1 Å². The number of carbonyl (C=O) groups excluding carboxylic acids is 4. The lowest BCUT2D eigenvalue weighted by atomic mass is 9.91. The number of piperidine rings is 1. The SMILES string of the molecule is CCCCCOC1CCCn2c1nc(C)c(CCN1CCC(c3noc4cc(F)ccc34)CC1)c2=O.CS(C)(C)(=O)C1CC(=O)N(OC(=O)c2ccc(CNC=O)cc2)C1=O. The van der Waals surface area contributed by atoms with Crippen molar-refractivity contribution in [1.82, 2.24) is 30.0 Å². The van der Waals surface area contributed by atoms with Crippen LogP contribution in [0, 0.1) is 12.7 Å². The molecule has 5 heterocycles. The summed E-state index contributed by atoms with van der Waals surface area (Å²) in [6.07, 6.45) is 12.5. The molecule has 0 spiro atoms. The van der Waals surface area contributed by atoms with Crippen molar-refractivity contribution in [3.63, 3.8) is 0 Å². The highest BCUT2D eigenvalue weighted by Gasteiger charge is 2.50. The van der Waals surface area contributed by atoms with Gasteiger partial charge in [-0.25, -0.2) is 14.2 Å². The first-order valence-corrected chi connectivity index (χ1v) is 24.2. The molecule has 3 aliphatic heterocycles. The van der Waals surface area contributed by atoms with Crippen LogP contribution in [0.1, 0.15) is 109 Å². The van der Waals surface area contributed by atoms with Gasteiger partial charge in [0.05, 0.1) is 17.7 Å². The lowest BCUT2D eigenvalue weighted by molar-refractivity contribution is -0.172. The Balaban J connectivity index is 0.000000219. The predicted octanol–water partition coefficient (Wildman–Crippen LogP) is 5.14. The number of carbonyl (C=O) groups is 4. The van der Waals surface area contributed by atoms with Crippen LogP contribution in [0.3, 0.4) is 0 Å². The molecule has 0 bridgehead atoms. The van der Waals surface area contributed by atoms with Crippen LogP contribution < -0.4 is 10.9 Å². The number of aryl methyl sites for hydroxylation is 1. The summed E-state index contributed by atoms with van der Waals surface area (Å²) in [6, 6.07) is 10.8. The number of nitrogens with zero attached hydrogens (tertiary/aromatic N) is 5. The molecule has 7 rings (SSSR count). The molecule has 2 aromatic carbocycles. The minimum atomic E-state index is -3.32. The van der Waals surface area contributed by atoms with Gasteiger partial charge in [0.1, 0.15) is 23.0 Å². The van der Waals surface area contributed by atoms with Crippen LogP contribution in [-0.4, -0.2) is 103 Å². The topological polar surface area (TPSA) is 183 Å². The number of hydrogen-bond donors (Lipinski definition) is 1. The Hall–Kier alpha value is -5.13. The van der Waals surface area contributed by atoms with Crippen LogP contribution in [0.4, 0.5) is 4.39 Å². The molecule has 3 amide bonds. The third-order valence-electron chi connectivity index (χ3n) is 11.6. The summed E-state index contributed by atoms with van der Waals surface area (Å²) >= 11 is 0. The fourth-order valence-electron chi connectivity index (χ4n) is 8.06. The smallest absolute Gasteiger partial charge is 0.363 e. The Labute approximate surface area is 354 Å². The maximum Gasteiger partial charge on any atom is 0.363 e. The van der Waals surface area contributed by atoms with Gasteiger partial charge in [-0.2, -0.15) is 0 Å². The van der Waals surface area contributed by atoms with E-state index in [9.17, 15) is 32.6 Å². The lowest BCUT2D eigenvalue weighted by Gasteiger charge is -2.33. The van der Waals surface area contributed by atoms with Crippen molar-refractivity contribution in [1.29, 1.82) is 0 Å². The van der Waals surface area contributed by atoms with Crippen LogP contribution in [-0.2, 0) is 52.5 Å². The van der Waals surface area contributed by atoms with Crippen molar-refractivity contribution in [2.45, 2.75) is 102 Å². The largest absolute Gasteiger partial charge is 0.370 e. The molecule has 15 nitrogen and oxygen atoms in total. The predicted molar refractivity (Wildman–Crippen MR) is 228 cm³/mol. The summed E-state index contributed by atoms with van der Waals surface area (Å²) in [5, 5.41) is 7.04. The number of benzene rings is 2. The summed E-state index contributed by atoms with van der Waals surface area (Å²) in [4.78, 5) is 72.3. The number of halogens is 1. The maximum atomic E-state index is 13.5. The Bertz CT molecular complexity index is 2360. The number of likely N-dealkylation sites (tertiary alicyclic amines) is 1. The summed E-state index contributed by atoms with van der Waals surface area (Å²) in [6.45, 7) is 8.63. The first-order valence-electron chi connectivity index (χ1n) is 21.0. The number of hydroxylamine groups is 2. The van der Waals surface area contributed by atoms with E-state index in [-0.39, 0.29) is 29.5 Å². The molecule has 0 radical (unpaired) electrons. The van der Waals surface area contributed by atoms with Crippen LogP contribution in [0.25, 0.3) is 11.0 Å². The molecule has 3 aliphatic rings. The number of amides is 3. The molecule has 2 atom stereocenters. The van der Waals surface area contributed by atoms with Gasteiger partial charge in [0.15, 0.2) is 5.58 Å². The van der Waals surface area contributed by atoms with Gasteiger partial charge in [-0.15, -0.1) is 5.06 Å². The lowest BCUT2D eigenvalue weighted by Crippen LogP contribution is -2.46. The van der Waals surface area contributed by atoms with Gasteiger partial charge in [-0.1, -0.05) is 46.1 Å². The van der Waals surface area contributed by atoms with E-state index in [0.717, 1.165) is 105 Å². The molecule has 2 saturated heterocycles. The zero-order chi connectivity index (χ0) is 43.9. The van der Waals surface area contributed by atoms with Gasteiger partial charge in [0, 0.05) is 54.9 Å². The monoisotopic (exact) mass is 864 g/mol. The molecular formula is C44H57FN6O9S. The normalized spacial score (nSPS) is 19.2. The average Bonchev–Trinajstić information content (AvgIpc) is 3.78. The van der Waals surface area contributed by atoms with Gasteiger partial charge < -0.3 is 24.3 Å². The van der Waals surface area contributed by atoms with Crippen LogP contribution >= 0.6 is 0 Å². The molecule has 0 aliphatic carbocycles. The van der Waals surface area contributed by atoms with Crippen LogP contribution in [0.5, 0.6) is 0 Å². The number of hydrogen-bond acceptors (Lipinski definition) is 12. The van der Waals surface area contributed by atoms with Crippen molar-refractivity contribution in [2.75, 3.05) is 45.0 Å². The zero-order valence-corrected chi connectivity index (χ0v) is 36.5. The molecule has 2 aromatic heterocycles. The number of unbranched alkanes of at least 4 members (excludes halogenated alkanes) is 2. The second kappa shape index (κ2) is 19.3. The summed E-state index contributed by atoms with van der Waals surface area (Å²) in [5.41, 5.74) is 4.13. The molecule has 0 saturated carbocycles. The van der Waals surface area contributed by atoms with Crippen molar-refractivity contribution in [3.05, 3.63) is 92.5 Å². The van der Waals surface area contributed by atoms with E-state index in [0.29, 0.717) is 35.9 Å². The van der Waals surface area contributed by atoms with Gasteiger partial charge in [-0.05, 0) is 107 Å². The third kappa shape index (κ3) is 11.0. The second-order valence-electron chi connectivity index (χ2n) is 17.1. The average molecular weight is 865 g/mol. The van der Waals surface area contributed by atoms with Crippen molar-refractivity contribution < 1.29 is 41.9 Å². The van der Waals surface area contributed by atoms with Gasteiger partial charge in [0.2, 0.25) is 6.41 Å². The minimum Gasteiger partial charge on any atom is -0.370 e. The Morgan fingerprint density at radius 3 is 2.44 bits per heavy atom. The fraction of sp³-hybridized carbons (Fsp3) is 0.523. The van der Waals surface area contributed by atoms with Gasteiger partial charge in [-0.3, -0.25) is 28.0 Å². The maximum absolute atomic E-state index is 13.5. The highest BCUT2D eigenvalue weighted by Crippen LogP contribution is 2.34. The van der Waals surface area contributed by atoms with E-state index in [1.165, 1.54) is 49.5 Å². The van der Waals surface area contributed by atoms with E-state index in [2.05, 4.69) is 22.3 Å².